The van der Waals surface area contributed by atoms with Crippen molar-refractivity contribution < 1.29 is 4.79 Å². The van der Waals surface area contributed by atoms with Crippen LogP contribution in [0.5, 0.6) is 0 Å². The maximum absolute atomic E-state index is 13.0. The monoisotopic (exact) mass is 399 g/mol. The smallest absolute Gasteiger partial charge is 0.351 e. The van der Waals surface area contributed by atoms with Gasteiger partial charge in [-0.1, -0.05) is 41.9 Å². The molecular formula is C20H22ClN5O2. The normalized spacial score (nSPS) is 11.0. The van der Waals surface area contributed by atoms with Crippen molar-refractivity contribution in [2.45, 2.75) is 6.54 Å². The average Bonchev–Trinajstić information content (AvgIpc) is 2.99. The molecule has 0 aliphatic carbocycles. The van der Waals surface area contributed by atoms with Gasteiger partial charge in [-0.15, -0.1) is 5.10 Å². The summed E-state index contributed by atoms with van der Waals surface area (Å²) in [4.78, 5) is 27.4. The predicted molar refractivity (Wildman–Crippen MR) is 110 cm³/mol. The highest BCUT2D eigenvalue weighted by molar-refractivity contribution is 6.30. The molecule has 0 aliphatic rings. The molecule has 146 valence electrons. The van der Waals surface area contributed by atoms with Gasteiger partial charge in [0.15, 0.2) is 5.82 Å². The van der Waals surface area contributed by atoms with Crippen molar-refractivity contribution in [1.29, 1.82) is 0 Å². The van der Waals surface area contributed by atoms with Gasteiger partial charge in [-0.3, -0.25) is 9.36 Å². The van der Waals surface area contributed by atoms with Gasteiger partial charge in [-0.25, -0.2) is 4.79 Å². The molecule has 1 N–H and O–H groups in total. The summed E-state index contributed by atoms with van der Waals surface area (Å²) in [7, 11) is 3.86. The first-order chi connectivity index (χ1) is 13.5. The molecule has 3 aromatic rings. The average molecular weight is 400 g/mol. The number of nitrogens with one attached hydrogen (secondary N) is 1. The third kappa shape index (κ3) is 4.68. The van der Waals surface area contributed by atoms with Gasteiger partial charge in [0.05, 0.1) is 5.69 Å². The van der Waals surface area contributed by atoms with Gasteiger partial charge >= 0.3 is 5.69 Å². The fourth-order valence-corrected chi connectivity index (χ4v) is 2.83. The molecule has 28 heavy (non-hydrogen) atoms. The number of likely N-dealkylation sites (N-methyl/N-ethyl adjacent to an activating group) is 1. The molecule has 0 saturated carbocycles. The zero-order valence-electron chi connectivity index (χ0n) is 15.8. The third-order valence-electron chi connectivity index (χ3n) is 4.15. The van der Waals surface area contributed by atoms with Crippen molar-refractivity contribution in [2.24, 2.45) is 0 Å². The molecule has 1 aromatic heterocycles. The number of nitrogens with zero attached hydrogens (tertiary/aromatic N) is 4. The van der Waals surface area contributed by atoms with Crippen LogP contribution in [0, 0.1) is 0 Å². The Morgan fingerprint density at radius 3 is 2.43 bits per heavy atom. The molecule has 0 saturated heterocycles. The minimum atomic E-state index is -0.385. The van der Waals surface area contributed by atoms with Gasteiger partial charge in [-0.05, 0) is 38.4 Å². The minimum Gasteiger partial charge on any atom is -0.353 e. The standard InChI is InChI=1S/C20H22ClN5O2/c1-24(2)13-12-22-18(27)14-25-19(15-6-4-3-5-7-15)23-26(20(25)28)17-10-8-16(21)9-11-17/h3-11H,12-14H2,1-2H3,(H,22,27). The predicted octanol–water partition coefficient (Wildman–Crippen LogP) is 2.03. The molecule has 1 amide bonds. The molecule has 1 heterocycles. The number of rotatable bonds is 7. The number of benzene rings is 2. The summed E-state index contributed by atoms with van der Waals surface area (Å²) in [6.45, 7) is 1.12. The highest BCUT2D eigenvalue weighted by Gasteiger charge is 2.18. The molecule has 7 nitrogen and oxygen atoms in total. The number of carbonyl (C=O) groups excluding carboxylic acids is 1. The van der Waals surface area contributed by atoms with Crippen LogP contribution in [0.2, 0.25) is 5.02 Å². The zero-order valence-corrected chi connectivity index (χ0v) is 16.6. The highest BCUT2D eigenvalue weighted by atomic mass is 35.5. The van der Waals surface area contributed by atoms with E-state index in [1.807, 2.05) is 49.3 Å². The Kier molecular flexibility index (Phi) is 6.28. The number of hydrogen-bond acceptors (Lipinski definition) is 4. The molecule has 0 aliphatic heterocycles. The first kappa shape index (κ1) is 19.9. The Bertz CT molecular complexity index is 994. The lowest BCUT2D eigenvalue weighted by atomic mass is 10.2. The molecule has 0 spiro atoms. The molecular weight excluding hydrogens is 378 g/mol. The van der Waals surface area contributed by atoms with E-state index in [2.05, 4.69) is 10.4 Å². The van der Waals surface area contributed by atoms with E-state index in [9.17, 15) is 9.59 Å². The number of aromatic nitrogens is 3. The maximum atomic E-state index is 13.0. The summed E-state index contributed by atoms with van der Waals surface area (Å²) in [6, 6.07) is 16.1. The van der Waals surface area contributed by atoms with Gasteiger partial charge in [0.25, 0.3) is 0 Å². The first-order valence-corrected chi connectivity index (χ1v) is 9.26. The number of carbonyl (C=O) groups is 1. The summed E-state index contributed by atoms with van der Waals surface area (Å²) < 4.78 is 2.67. The van der Waals surface area contributed by atoms with Crippen LogP contribution < -0.4 is 11.0 Å². The van der Waals surface area contributed by atoms with Crippen LogP contribution >= 0.6 is 11.6 Å². The van der Waals surface area contributed by atoms with Gasteiger partial charge in [0.2, 0.25) is 5.91 Å². The first-order valence-electron chi connectivity index (χ1n) is 8.88. The van der Waals surface area contributed by atoms with Gasteiger partial charge < -0.3 is 10.2 Å². The quantitative estimate of drug-likeness (QED) is 0.659. The second-order valence-electron chi connectivity index (χ2n) is 6.60. The largest absolute Gasteiger partial charge is 0.353 e. The fourth-order valence-electron chi connectivity index (χ4n) is 2.71. The Balaban J connectivity index is 1.96. The lowest BCUT2D eigenvalue weighted by molar-refractivity contribution is -0.121. The number of amides is 1. The maximum Gasteiger partial charge on any atom is 0.351 e. The Morgan fingerprint density at radius 2 is 1.79 bits per heavy atom. The van der Waals surface area contributed by atoms with E-state index >= 15 is 0 Å². The highest BCUT2D eigenvalue weighted by Crippen LogP contribution is 2.17. The summed E-state index contributed by atoms with van der Waals surface area (Å²) in [5.41, 5.74) is 0.954. The lowest BCUT2D eigenvalue weighted by Crippen LogP contribution is -2.36. The van der Waals surface area contributed by atoms with Crippen molar-refractivity contribution in [3.63, 3.8) is 0 Å². The molecule has 0 bridgehead atoms. The van der Waals surface area contributed by atoms with Crippen LogP contribution in [0.25, 0.3) is 17.1 Å². The molecule has 0 unspecified atom stereocenters. The third-order valence-corrected chi connectivity index (χ3v) is 4.40. The van der Waals surface area contributed by atoms with Crippen LogP contribution in [0.4, 0.5) is 0 Å². The Hall–Kier alpha value is -2.90. The van der Waals surface area contributed by atoms with E-state index in [0.29, 0.717) is 23.1 Å². The van der Waals surface area contributed by atoms with E-state index < -0.39 is 0 Å². The molecule has 0 radical (unpaired) electrons. The summed E-state index contributed by atoms with van der Waals surface area (Å²) in [5, 5.41) is 7.88. The molecule has 0 fully saturated rings. The van der Waals surface area contributed by atoms with E-state index in [0.717, 1.165) is 12.1 Å². The summed E-state index contributed by atoms with van der Waals surface area (Å²) in [6.07, 6.45) is 0. The summed E-state index contributed by atoms with van der Waals surface area (Å²) in [5.74, 6) is 0.195. The van der Waals surface area contributed by atoms with E-state index in [1.54, 1.807) is 24.3 Å². The van der Waals surface area contributed by atoms with Crippen molar-refractivity contribution in [2.75, 3.05) is 27.2 Å². The van der Waals surface area contributed by atoms with E-state index in [-0.39, 0.29) is 18.1 Å². The summed E-state index contributed by atoms with van der Waals surface area (Å²) >= 11 is 5.94. The van der Waals surface area contributed by atoms with Gasteiger partial charge in [0.1, 0.15) is 6.54 Å². The van der Waals surface area contributed by atoms with Crippen LogP contribution in [-0.4, -0.2) is 52.3 Å². The minimum absolute atomic E-state index is 0.107. The van der Waals surface area contributed by atoms with Gasteiger partial charge in [-0.2, -0.15) is 4.68 Å². The van der Waals surface area contributed by atoms with Crippen molar-refractivity contribution in [3.05, 3.63) is 70.1 Å². The zero-order chi connectivity index (χ0) is 20.1. The Morgan fingerprint density at radius 1 is 1.11 bits per heavy atom. The van der Waals surface area contributed by atoms with E-state index in [4.69, 9.17) is 11.6 Å². The van der Waals surface area contributed by atoms with Crippen molar-refractivity contribution in [1.82, 2.24) is 24.6 Å². The topological polar surface area (TPSA) is 72.2 Å². The number of halogens is 1. The Labute approximate surface area is 168 Å². The molecule has 2 aromatic carbocycles. The van der Waals surface area contributed by atoms with Crippen LogP contribution in [0.1, 0.15) is 0 Å². The molecule has 8 heteroatoms. The number of hydrogen-bond donors (Lipinski definition) is 1. The van der Waals surface area contributed by atoms with Crippen molar-refractivity contribution in [3.8, 4) is 17.1 Å². The van der Waals surface area contributed by atoms with Crippen LogP contribution in [0.15, 0.2) is 59.4 Å². The molecule has 3 rings (SSSR count). The second-order valence-corrected chi connectivity index (χ2v) is 7.04. The van der Waals surface area contributed by atoms with Crippen molar-refractivity contribution >= 4 is 17.5 Å². The van der Waals surface area contributed by atoms with Gasteiger partial charge in [0, 0.05) is 23.7 Å². The fraction of sp³-hybridized carbons (Fsp3) is 0.250. The lowest BCUT2D eigenvalue weighted by Gasteiger charge is -2.11. The molecule has 0 atom stereocenters. The SMILES string of the molecule is CN(C)CCNC(=O)Cn1c(-c2ccccc2)nn(-c2ccc(Cl)cc2)c1=O. The van der Waals surface area contributed by atoms with Crippen LogP contribution in [-0.2, 0) is 11.3 Å². The van der Waals surface area contributed by atoms with E-state index in [1.165, 1.54) is 9.25 Å². The second kappa shape index (κ2) is 8.86. The van der Waals surface area contributed by atoms with Crippen LogP contribution in [0.3, 0.4) is 0 Å².